The number of alkyl halides is 3. The van der Waals surface area contributed by atoms with Crippen LogP contribution < -0.4 is 15.6 Å². The zero-order valence-corrected chi connectivity index (χ0v) is 19.2. The summed E-state index contributed by atoms with van der Waals surface area (Å²) in [5.41, 5.74) is 7.90. The third-order valence-electron chi connectivity index (χ3n) is 6.89. The van der Waals surface area contributed by atoms with Gasteiger partial charge in [0.1, 0.15) is 5.75 Å². The lowest BCUT2D eigenvalue weighted by molar-refractivity contribution is -0.137. The normalized spacial score (nSPS) is 21.8. The van der Waals surface area contributed by atoms with Crippen molar-refractivity contribution in [3.8, 4) is 11.8 Å². The quantitative estimate of drug-likeness (QED) is 0.527. The minimum absolute atomic E-state index is 0.0231. The summed E-state index contributed by atoms with van der Waals surface area (Å²) in [4.78, 5) is 10.6. The van der Waals surface area contributed by atoms with Crippen molar-refractivity contribution >= 4 is 0 Å². The van der Waals surface area contributed by atoms with E-state index in [1.807, 2.05) is 18.2 Å². The van der Waals surface area contributed by atoms with Crippen LogP contribution in [0.25, 0.3) is 0 Å². The molecule has 0 amide bonds. The minimum Gasteiger partial charge on any atom is -0.424 e. The summed E-state index contributed by atoms with van der Waals surface area (Å²) in [6.07, 6.45) is 0.956. The second-order valence-corrected chi connectivity index (χ2v) is 9.17. The molecule has 1 aromatic heterocycles. The third kappa shape index (κ3) is 5.80. The number of nitrogens with zero attached hydrogens (tertiary/aromatic N) is 3. The number of benzene rings is 2. The average molecular weight is 484 g/mol. The van der Waals surface area contributed by atoms with E-state index in [0.717, 1.165) is 44.1 Å². The summed E-state index contributed by atoms with van der Waals surface area (Å²) in [5, 5.41) is 0. The summed E-state index contributed by atoms with van der Waals surface area (Å²) in [7, 11) is 0. The molecule has 2 fully saturated rings. The van der Waals surface area contributed by atoms with Crippen LogP contribution in [0.1, 0.15) is 35.4 Å². The Labute approximate surface area is 202 Å². The van der Waals surface area contributed by atoms with Gasteiger partial charge in [-0.05, 0) is 67.2 Å². The lowest BCUT2D eigenvalue weighted by atomic mass is 9.80. The van der Waals surface area contributed by atoms with Crippen LogP contribution in [-0.2, 0) is 12.7 Å². The number of hydrogen-bond acceptors (Lipinski definition) is 6. The van der Waals surface area contributed by atoms with E-state index in [1.165, 1.54) is 17.7 Å². The van der Waals surface area contributed by atoms with E-state index in [4.69, 9.17) is 4.74 Å². The predicted octanol–water partition coefficient (Wildman–Crippen LogP) is 4.76. The molecule has 0 radical (unpaired) electrons. The number of ether oxygens (including phenoxy) is 1. The van der Waals surface area contributed by atoms with Crippen molar-refractivity contribution in [1.82, 2.24) is 25.7 Å². The van der Waals surface area contributed by atoms with Gasteiger partial charge in [0.15, 0.2) is 0 Å². The Morgan fingerprint density at radius 1 is 0.971 bits per heavy atom. The van der Waals surface area contributed by atoms with Gasteiger partial charge in [0.2, 0.25) is 0 Å². The Morgan fingerprint density at radius 3 is 2.43 bits per heavy atom. The predicted molar refractivity (Wildman–Crippen MR) is 126 cm³/mol. The molecule has 2 aliphatic heterocycles. The maximum atomic E-state index is 13.2. The van der Waals surface area contributed by atoms with E-state index < -0.39 is 11.7 Å². The van der Waals surface area contributed by atoms with Gasteiger partial charge in [0.25, 0.3) is 0 Å². The van der Waals surface area contributed by atoms with Crippen LogP contribution in [0.2, 0.25) is 0 Å². The van der Waals surface area contributed by atoms with Crippen molar-refractivity contribution in [2.24, 2.45) is 5.92 Å². The van der Waals surface area contributed by atoms with Crippen LogP contribution >= 0.6 is 0 Å². The zero-order valence-electron chi connectivity index (χ0n) is 19.2. The van der Waals surface area contributed by atoms with E-state index in [-0.39, 0.29) is 12.0 Å². The second kappa shape index (κ2) is 10.3. The number of halogens is 3. The molecule has 3 heterocycles. The highest BCUT2D eigenvalue weighted by atomic mass is 19.4. The van der Waals surface area contributed by atoms with E-state index in [9.17, 15) is 13.2 Å². The van der Waals surface area contributed by atoms with E-state index >= 15 is 0 Å². The first-order chi connectivity index (χ1) is 17.0. The molecule has 9 heteroatoms. The van der Waals surface area contributed by atoms with Crippen LogP contribution in [0.3, 0.4) is 0 Å². The Morgan fingerprint density at radius 2 is 1.71 bits per heavy atom. The van der Waals surface area contributed by atoms with Gasteiger partial charge < -0.3 is 4.74 Å². The maximum Gasteiger partial charge on any atom is 0.416 e. The highest BCUT2D eigenvalue weighted by molar-refractivity contribution is 5.31. The summed E-state index contributed by atoms with van der Waals surface area (Å²) in [6, 6.07) is 15.9. The largest absolute Gasteiger partial charge is 0.424 e. The maximum absolute atomic E-state index is 13.2. The average Bonchev–Trinajstić information content (AvgIpc) is 3.36. The Bertz CT molecular complexity index is 1100. The Balaban J connectivity index is 1.15. The van der Waals surface area contributed by atoms with Crippen LogP contribution in [0.15, 0.2) is 67.0 Å². The molecule has 2 atom stereocenters. The minimum atomic E-state index is -4.32. The van der Waals surface area contributed by atoms with Gasteiger partial charge in [0, 0.05) is 37.4 Å². The fraction of sp³-hybridized carbons (Fsp3) is 0.385. The molecule has 0 aliphatic carbocycles. The molecule has 2 unspecified atom stereocenters. The Kier molecular flexibility index (Phi) is 6.99. The molecule has 2 N–H and O–H groups in total. The first kappa shape index (κ1) is 23.7. The topological polar surface area (TPSA) is 62.3 Å². The van der Waals surface area contributed by atoms with Crippen molar-refractivity contribution in [1.29, 1.82) is 0 Å². The molecular weight excluding hydrogens is 455 g/mol. The SMILES string of the molecule is FC(F)(F)c1cccc(C2CNNC2C2CCN(Cc3ccc(Oc4ncccn4)cc3)CC2)c1. The monoisotopic (exact) mass is 483 g/mol. The van der Waals surface area contributed by atoms with Crippen molar-refractivity contribution in [3.63, 3.8) is 0 Å². The summed E-state index contributed by atoms with van der Waals surface area (Å²) >= 11 is 0. The number of piperidine rings is 1. The fourth-order valence-corrected chi connectivity index (χ4v) is 5.07. The molecule has 2 saturated heterocycles. The molecule has 35 heavy (non-hydrogen) atoms. The highest BCUT2D eigenvalue weighted by Crippen LogP contribution is 2.36. The summed E-state index contributed by atoms with van der Waals surface area (Å²) in [6.45, 7) is 3.39. The van der Waals surface area contributed by atoms with Crippen LogP contribution in [0.5, 0.6) is 11.8 Å². The van der Waals surface area contributed by atoms with Gasteiger partial charge in [0.05, 0.1) is 5.56 Å². The fourth-order valence-electron chi connectivity index (χ4n) is 5.07. The number of rotatable bonds is 6. The van der Waals surface area contributed by atoms with Gasteiger partial charge in [-0.1, -0.05) is 30.3 Å². The van der Waals surface area contributed by atoms with Gasteiger partial charge in [-0.25, -0.2) is 9.97 Å². The number of aromatic nitrogens is 2. The lowest BCUT2D eigenvalue weighted by Gasteiger charge is -2.36. The van der Waals surface area contributed by atoms with Crippen LogP contribution in [0.4, 0.5) is 13.2 Å². The first-order valence-electron chi connectivity index (χ1n) is 11.9. The number of hydrazine groups is 1. The molecule has 5 rings (SSSR count). The van der Waals surface area contributed by atoms with Gasteiger partial charge in [-0.15, -0.1) is 0 Å². The molecule has 0 saturated carbocycles. The van der Waals surface area contributed by atoms with Crippen LogP contribution in [0, 0.1) is 5.92 Å². The molecular formula is C26H28F3N5O. The second-order valence-electron chi connectivity index (χ2n) is 9.17. The first-order valence-corrected chi connectivity index (χ1v) is 11.9. The summed E-state index contributed by atoms with van der Waals surface area (Å²) in [5.74, 6) is 1.12. The van der Waals surface area contributed by atoms with Crippen molar-refractivity contribution in [2.45, 2.75) is 37.5 Å². The Hall–Kier alpha value is -3.01. The number of nitrogens with one attached hydrogen (secondary N) is 2. The third-order valence-corrected chi connectivity index (χ3v) is 6.89. The zero-order chi connectivity index (χ0) is 24.3. The van der Waals surface area contributed by atoms with Crippen molar-refractivity contribution in [2.75, 3.05) is 19.6 Å². The number of hydrogen-bond donors (Lipinski definition) is 2. The molecule has 184 valence electrons. The standard InChI is InChI=1S/C26H28F3N5O/c27-26(28,29)21-4-1-3-20(15-21)23-16-32-33-24(23)19-9-13-34(14-10-19)17-18-5-7-22(8-6-18)35-25-30-11-2-12-31-25/h1-8,11-12,15,19,23-24,32-33H,9-10,13-14,16-17H2. The van der Waals surface area contributed by atoms with Crippen LogP contribution in [-0.4, -0.2) is 40.5 Å². The van der Waals surface area contributed by atoms with E-state index in [0.29, 0.717) is 24.2 Å². The lowest BCUT2D eigenvalue weighted by Crippen LogP contribution is -2.44. The summed E-state index contributed by atoms with van der Waals surface area (Å²) < 4.78 is 45.3. The van der Waals surface area contributed by atoms with Gasteiger partial charge in [-0.2, -0.15) is 13.2 Å². The molecule has 3 aromatic rings. The molecule has 2 aliphatic rings. The van der Waals surface area contributed by atoms with Crippen molar-refractivity contribution < 1.29 is 17.9 Å². The van der Waals surface area contributed by atoms with E-state index in [1.54, 1.807) is 18.5 Å². The van der Waals surface area contributed by atoms with Crippen molar-refractivity contribution in [3.05, 3.63) is 83.7 Å². The number of likely N-dealkylation sites (tertiary alicyclic amines) is 1. The molecule has 0 bridgehead atoms. The molecule has 2 aromatic carbocycles. The molecule has 0 spiro atoms. The smallest absolute Gasteiger partial charge is 0.416 e. The van der Waals surface area contributed by atoms with Gasteiger partial charge in [-0.3, -0.25) is 15.8 Å². The highest BCUT2D eigenvalue weighted by Gasteiger charge is 2.37. The molecule has 6 nitrogen and oxygen atoms in total. The van der Waals surface area contributed by atoms with Gasteiger partial charge >= 0.3 is 12.2 Å². The van der Waals surface area contributed by atoms with E-state index in [2.05, 4.69) is 37.9 Å².